The maximum Gasteiger partial charge on any atom is 0.116 e. The van der Waals surface area contributed by atoms with Gasteiger partial charge in [0.2, 0.25) is 0 Å². The van der Waals surface area contributed by atoms with Crippen LogP contribution in [0.2, 0.25) is 0 Å². The summed E-state index contributed by atoms with van der Waals surface area (Å²) >= 11 is 0. The number of para-hydroxylation sites is 1. The van der Waals surface area contributed by atoms with Gasteiger partial charge < -0.3 is 5.11 Å². The number of nitrogens with zero attached hydrogens (tertiary/aromatic N) is 1. The van der Waals surface area contributed by atoms with Crippen LogP contribution >= 0.6 is 0 Å². The van der Waals surface area contributed by atoms with Gasteiger partial charge in [0.15, 0.2) is 0 Å². The number of pyridine rings is 1. The first-order valence-electron chi connectivity index (χ1n) is 7.37. The first kappa shape index (κ1) is 13.8. The quantitative estimate of drug-likeness (QED) is 0.772. The summed E-state index contributed by atoms with van der Waals surface area (Å²) in [4.78, 5) is 4.50. The highest BCUT2D eigenvalue weighted by Crippen LogP contribution is 2.34. The number of benzene rings is 2. The zero-order valence-corrected chi connectivity index (χ0v) is 12.2. The van der Waals surface area contributed by atoms with Crippen molar-refractivity contribution in [3.8, 4) is 0 Å². The van der Waals surface area contributed by atoms with E-state index in [-0.39, 0.29) is 0 Å². The first-order valence-corrected chi connectivity index (χ1v) is 7.37. The van der Waals surface area contributed by atoms with Crippen LogP contribution in [0.15, 0.2) is 66.9 Å². The summed E-state index contributed by atoms with van der Waals surface area (Å²) in [5.41, 5.74) is 1.75. The van der Waals surface area contributed by atoms with E-state index < -0.39 is 5.60 Å². The second kappa shape index (κ2) is 5.66. The van der Waals surface area contributed by atoms with Gasteiger partial charge in [0.25, 0.3) is 0 Å². The molecule has 1 unspecified atom stereocenters. The van der Waals surface area contributed by atoms with Crippen molar-refractivity contribution in [1.82, 2.24) is 4.98 Å². The van der Waals surface area contributed by atoms with E-state index in [1.54, 1.807) is 6.20 Å². The number of aliphatic hydroxyl groups is 1. The molecule has 2 aromatic carbocycles. The molecule has 2 heteroatoms. The zero-order chi connectivity index (χ0) is 14.7. The zero-order valence-electron chi connectivity index (χ0n) is 12.2. The summed E-state index contributed by atoms with van der Waals surface area (Å²) in [5, 5.41) is 12.3. The molecule has 0 fully saturated rings. The highest BCUT2D eigenvalue weighted by atomic mass is 16.3. The number of hydrogen-bond acceptors (Lipinski definition) is 2. The van der Waals surface area contributed by atoms with Crippen molar-refractivity contribution < 1.29 is 5.11 Å². The Bertz CT molecular complexity index is 739. The highest BCUT2D eigenvalue weighted by Gasteiger charge is 2.30. The van der Waals surface area contributed by atoms with Gasteiger partial charge in [0.1, 0.15) is 5.60 Å². The summed E-state index contributed by atoms with van der Waals surface area (Å²) in [6.45, 7) is 2.09. The molecule has 0 aliphatic heterocycles. The summed E-state index contributed by atoms with van der Waals surface area (Å²) in [6, 6.07) is 19.9. The molecule has 0 saturated heterocycles. The van der Waals surface area contributed by atoms with Gasteiger partial charge in [-0.25, -0.2) is 0 Å². The van der Waals surface area contributed by atoms with Gasteiger partial charge in [-0.3, -0.25) is 4.98 Å². The molecule has 3 rings (SSSR count). The third kappa shape index (κ3) is 2.55. The number of hydrogen-bond donors (Lipinski definition) is 1. The minimum Gasteiger partial charge on any atom is -0.380 e. The fourth-order valence-electron chi connectivity index (χ4n) is 2.83. The van der Waals surface area contributed by atoms with Crippen molar-refractivity contribution >= 4 is 10.9 Å². The van der Waals surface area contributed by atoms with Crippen LogP contribution in [0.25, 0.3) is 10.9 Å². The number of aromatic nitrogens is 1. The van der Waals surface area contributed by atoms with E-state index in [4.69, 9.17) is 0 Å². The lowest BCUT2D eigenvalue weighted by Crippen LogP contribution is -2.27. The smallest absolute Gasteiger partial charge is 0.116 e. The molecule has 1 N–H and O–H groups in total. The molecule has 0 saturated carbocycles. The van der Waals surface area contributed by atoms with Crippen molar-refractivity contribution in [3.05, 3.63) is 78.0 Å². The molecule has 0 bridgehead atoms. The Morgan fingerprint density at radius 3 is 2.43 bits per heavy atom. The number of fused-ring (bicyclic) bond motifs is 1. The topological polar surface area (TPSA) is 33.1 Å². The van der Waals surface area contributed by atoms with E-state index in [9.17, 15) is 5.11 Å². The minimum atomic E-state index is -0.979. The molecule has 1 atom stereocenters. The van der Waals surface area contributed by atoms with Crippen molar-refractivity contribution in [2.45, 2.75) is 25.4 Å². The predicted octanol–water partition coefficient (Wildman–Crippen LogP) is 4.27. The van der Waals surface area contributed by atoms with E-state index >= 15 is 0 Å². The predicted molar refractivity (Wildman–Crippen MR) is 86.1 cm³/mol. The van der Waals surface area contributed by atoms with Crippen LogP contribution in [0, 0.1) is 0 Å². The molecule has 1 aromatic heterocycles. The van der Waals surface area contributed by atoms with Crippen LogP contribution in [0.1, 0.15) is 30.9 Å². The molecule has 0 spiro atoms. The molecule has 106 valence electrons. The lowest BCUT2D eigenvalue weighted by molar-refractivity contribution is 0.0700. The SMILES string of the molecule is CCCC(O)(c1ccccc1)c1cnc2ccccc2c1. The Morgan fingerprint density at radius 2 is 1.67 bits per heavy atom. The average molecular weight is 277 g/mol. The Hall–Kier alpha value is -2.19. The van der Waals surface area contributed by atoms with Crippen LogP contribution in [-0.4, -0.2) is 10.1 Å². The molecule has 0 aliphatic carbocycles. The molecule has 2 nitrogen and oxygen atoms in total. The van der Waals surface area contributed by atoms with Gasteiger partial charge in [-0.15, -0.1) is 0 Å². The monoisotopic (exact) mass is 277 g/mol. The van der Waals surface area contributed by atoms with Crippen LogP contribution in [-0.2, 0) is 5.60 Å². The highest BCUT2D eigenvalue weighted by molar-refractivity contribution is 5.79. The molecule has 0 amide bonds. The third-order valence-corrected chi connectivity index (χ3v) is 3.93. The van der Waals surface area contributed by atoms with Gasteiger partial charge in [-0.2, -0.15) is 0 Å². The van der Waals surface area contributed by atoms with Gasteiger partial charge in [-0.05, 0) is 24.1 Å². The lowest BCUT2D eigenvalue weighted by atomic mass is 9.83. The Kier molecular flexibility index (Phi) is 3.72. The van der Waals surface area contributed by atoms with E-state index in [0.29, 0.717) is 6.42 Å². The second-order valence-corrected chi connectivity index (χ2v) is 5.39. The number of rotatable bonds is 4. The van der Waals surface area contributed by atoms with E-state index in [2.05, 4.69) is 11.9 Å². The summed E-state index contributed by atoms with van der Waals surface area (Å²) in [5.74, 6) is 0. The minimum absolute atomic E-state index is 0.678. The maximum atomic E-state index is 11.3. The van der Waals surface area contributed by atoms with Gasteiger partial charge in [0.05, 0.1) is 5.52 Å². The molecule has 21 heavy (non-hydrogen) atoms. The molecule has 0 radical (unpaired) electrons. The standard InChI is InChI=1S/C19H19NO/c1-2-12-19(21,16-9-4-3-5-10-16)17-13-15-8-6-7-11-18(15)20-14-17/h3-11,13-14,21H,2,12H2,1H3. The van der Waals surface area contributed by atoms with Crippen molar-refractivity contribution in [1.29, 1.82) is 0 Å². The maximum absolute atomic E-state index is 11.3. The first-order chi connectivity index (χ1) is 10.2. The normalized spacial score (nSPS) is 14.0. The Balaban J connectivity index is 2.15. The summed E-state index contributed by atoms with van der Waals surface area (Å²) in [6.07, 6.45) is 3.38. The fraction of sp³-hybridized carbons (Fsp3) is 0.211. The Labute approximate surface area is 125 Å². The summed E-state index contributed by atoms with van der Waals surface area (Å²) < 4.78 is 0. The van der Waals surface area contributed by atoms with Gasteiger partial charge >= 0.3 is 0 Å². The third-order valence-electron chi connectivity index (χ3n) is 3.93. The molecular formula is C19H19NO. The molecule has 0 aliphatic rings. The van der Waals surface area contributed by atoms with E-state index in [1.807, 2.05) is 60.7 Å². The second-order valence-electron chi connectivity index (χ2n) is 5.39. The molecule has 3 aromatic rings. The fourth-order valence-corrected chi connectivity index (χ4v) is 2.83. The van der Waals surface area contributed by atoms with Gasteiger partial charge in [0, 0.05) is 17.1 Å². The van der Waals surface area contributed by atoms with Crippen molar-refractivity contribution in [2.75, 3.05) is 0 Å². The van der Waals surface area contributed by atoms with Gasteiger partial charge in [-0.1, -0.05) is 61.9 Å². The van der Waals surface area contributed by atoms with Crippen LogP contribution in [0.3, 0.4) is 0 Å². The van der Waals surface area contributed by atoms with Crippen LogP contribution < -0.4 is 0 Å². The van der Waals surface area contributed by atoms with Crippen molar-refractivity contribution in [3.63, 3.8) is 0 Å². The van der Waals surface area contributed by atoms with Crippen molar-refractivity contribution in [2.24, 2.45) is 0 Å². The van der Waals surface area contributed by atoms with Crippen LogP contribution in [0.4, 0.5) is 0 Å². The summed E-state index contributed by atoms with van der Waals surface area (Å²) in [7, 11) is 0. The average Bonchev–Trinajstić information content (AvgIpc) is 2.55. The molecule has 1 heterocycles. The van der Waals surface area contributed by atoms with E-state index in [1.165, 1.54) is 0 Å². The molecular weight excluding hydrogens is 258 g/mol. The lowest BCUT2D eigenvalue weighted by Gasteiger charge is -2.29. The van der Waals surface area contributed by atoms with E-state index in [0.717, 1.165) is 28.5 Å². The largest absolute Gasteiger partial charge is 0.380 e. The Morgan fingerprint density at radius 1 is 0.952 bits per heavy atom. The van der Waals surface area contributed by atoms with Crippen LogP contribution in [0.5, 0.6) is 0 Å².